The van der Waals surface area contributed by atoms with Gasteiger partial charge in [-0.1, -0.05) is 23.7 Å². The Labute approximate surface area is 124 Å². The molecule has 2 unspecified atom stereocenters. The van der Waals surface area contributed by atoms with Gasteiger partial charge >= 0.3 is 0 Å². The molecule has 1 saturated carbocycles. The van der Waals surface area contributed by atoms with Gasteiger partial charge < -0.3 is 15.4 Å². The van der Waals surface area contributed by atoms with E-state index >= 15 is 0 Å². The lowest BCUT2D eigenvalue weighted by Gasteiger charge is -2.44. The molecule has 2 atom stereocenters. The minimum absolute atomic E-state index is 0.0754. The normalized spacial score (nSPS) is 29.8. The standard InChI is InChI=1S/C15H20ClN3O/c1-20-11-5-4-8-15(9-11)10-18-14(17)19(15)13-7-3-2-6-12(13)16/h2-3,6-7,11H,4-5,8-10H2,1H3,(H2,17,18). The Morgan fingerprint density at radius 1 is 1.45 bits per heavy atom. The highest BCUT2D eigenvalue weighted by atomic mass is 35.5. The summed E-state index contributed by atoms with van der Waals surface area (Å²) >= 11 is 6.36. The Hall–Kier alpha value is -1.26. The number of methoxy groups -OCH3 is 1. The minimum atomic E-state index is -0.0754. The maximum absolute atomic E-state index is 6.36. The average Bonchev–Trinajstić information content (AvgIpc) is 2.76. The van der Waals surface area contributed by atoms with E-state index in [1.807, 2.05) is 24.3 Å². The van der Waals surface area contributed by atoms with Crippen molar-refractivity contribution in [1.82, 2.24) is 0 Å². The van der Waals surface area contributed by atoms with Crippen LogP contribution in [0.2, 0.25) is 5.02 Å². The number of anilines is 1. The number of rotatable bonds is 2. The van der Waals surface area contributed by atoms with E-state index in [1.54, 1.807) is 7.11 Å². The average molecular weight is 294 g/mol. The van der Waals surface area contributed by atoms with Crippen LogP contribution < -0.4 is 10.6 Å². The summed E-state index contributed by atoms with van der Waals surface area (Å²) in [4.78, 5) is 6.61. The van der Waals surface area contributed by atoms with Crippen molar-refractivity contribution in [3.05, 3.63) is 29.3 Å². The number of guanidine groups is 1. The molecule has 108 valence electrons. The number of hydrogen-bond donors (Lipinski definition) is 1. The molecule has 5 heteroatoms. The van der Waals surface area contributed by atoms with E-state index in [9.17, 15) is 0 Å². The fourth-order valence-electron chi connectivity index (χ4n) is 3.46. The van der Waals surface area contributed by atoms with Crippen molar-refractivity contribution in [1.29, 1.82) is 0 Å². The summed E-state index contributed by atoms with van der Waals surface area (Å²) in [6.07, 6.45) is 4.52. The molecule has 0 saturated heterocycles. The molecule has 1 heterocycles. The number of aliphatic imine (C=N–C) groups is 1. The molecule has 2 N–H and O–H groups in total. The van der Waals surface area contributed by atoms with Crippen LogP contribution in [0.3, 0.4) is 0 Å². The highest BCUT2D eigenvalue weighted by Gasteiger charge is 2.46. The van der Waals surface area contributed by atoms with Crippen molar-refractivity contribution in [3.8, 4) is 0 Å². The lowest BCUT2D eigenvalue weighted by atomic mass is 9.79. The first-order valence-electron chi connectivity index (χ1n) is 7.04. The first kappa shape index (κ1) is 13.7. The largest absolute Gasteiger partial charge is 0.381 e. The zero-order valence-corrected chi connectivity index (χ0v) is 12.4. The summed E-state index contributed by atoms with van der Waals surface area (Å²) in [5.41, 5.74) is 7.02. The molecule has 4 nitrogen and oxygen atoms in total. The van der Waals surface area contributed by atoms with E-state index in [1.165, 1.54) is 0 Å². The molecule has 0 radical (unpaired) electrons. The summed E-state index contributed by atoms with van der Waals surface area (Å²) in [6, 6.07) is 7.82. The molecule has 20 heavy (non-hydrogen) atoms. The molecule has 3 rings (SSSR count). The molecule has 1 aromatic carbocycles. The number of ether oxygens (including phenoxy) is 1. The number of hydrogen-bond acceptors (Lipinski definition) is 4. The molecule has 2 aliphatic rings. The van der Waals surface area contributed by atoms with Crippen molar-refractivity contribution < 1.29 is 4.74 Å². The smallest absolute Gasteiger partial charge is 0.196 e. The number of nitrogens with zero attached hydrogens (tertiary/aromatic N) is 2. The van der Waals surface area contributed by atoms with Crippen LogP contribution in [0.15, 0.2) is 29.3 Å². The summed E-state index contributed by atoms with van der Waals surface area (Å²) < 4.78 is 5.58. The van der Waals surface area contributed by atoms with E-state index in [2.05, 4.69) is 9.89 Å². The Bertz CT molecular complexity index is 534. The third-order valence-electron chi connectivity index (χ3n) is 4.44. The van der Waals surface area contributed by atoms with Gasteiger partial charge in [0.2, 0.25) is 0 Å². The number of nitrogens with two attached hydrogens (primary N) is 1. The summed E-state index contributed by atoms with van der Waals surface area (Å²) in [7, 11) is 1.78. The molecule has 1 fully saturated rings. The molecule has 0 aromatic heterocycles. The number of halogens is 1. The summed E-state index contributed by atoms with van der Waals surface area (Å²) in [6.45, 7) is 0.726. The molecule has 0 amide bonds. The van der Waals surface area contributed by atoms with Crippen LogP contribution in [-0.2, 0) is 4.74 Å². The van der Waals surface area contributed by atoms with E-state index in [4.69, 9.17) is 22.1 Å². The van der Waals surface area contributed by atoms with Gasteiger partial charge in [0.25, 0.3) is 0 Å². The fraction of sp³-hybridized carbons (Fsp3) is 0.533. The van der Waals surface area contributed by atoms with E-state index in [0.717, 1.165) is 37.9 Å². The van der Waals surface area contributed by atoms with Crippen molar-refractivity contribution in [3.63, 3.8) is 0 Å². The van der Waals surface area contributed by atoms with E-state index in [0.29, 0.717) is 11.0 Å². The van der Waals surface area contributed by atoms with Gasteiger partial charge in [0.1, 0.15) is 0 Å². The van der Waals surface area contributed by atoms with Gasteiger partial charge in [-0.15, -0.1) is 0 Å². The zero-order chi connectivity index (χ0) is 14.2. The second-order valence-corrected chi connectivity index (χ2v) is 6.05. The van der Waals surface area contributed by atoms with Gasteiger partial charge in [-0.25, -0.2) is 0 Å². The molecule has 0 bridgehead atoms. The van der Waals surface area contributed by atoms with E-state index in [-0.39, 0.29) is 11.6 Å². The van der Waals surface area contributed by atoms with Crippen molar-refractivity contribution >= 4 is 23.2 Å². The maximum Gasteiger partial charge on any atom is 0.196 e. The highest BCUT2D eigenvalue weighted by molar-refractivity contribution is 6.34. The minimum Gasteiger partial charge on any atom is -0.381 e. The van der Waals surface area contributed by atoms with Crippen molar-refractivity contribution in [2.45, 2.75) is 37.3 Å². The second kappa shape index (κ2) is 5.26. The Kier molecular flexibility index (Phi) is 3.61. The summed E-state index contributed by atoms with van der Waals surface area (Å²) in [5, 5.41) is 0.714. The monoisotopic (exact) mass is 293 g/mol. The third kappa shape index (κ3) is 2.17. The lowest BCUT2D eigenvalue weighted by molar-refractivity contribution is 0.0459. The second-order valence-electron chi connectivity index (χ2n) is 5.64. The van der Waals surface area contributed by atoms with Crippen LogP contribution in [0.4, 0.5) is 5.69 Å². The first-order chi connectivity index (χ1) is 9.66. The zero-order valence-electron chi connectivity index (χ0n) is 11.7. The van der Waals surface area contributed by atoms with Crippen LogP contribution in [0.1, 0.15) is 25.7 Å². The molecule has 1 aliphatic heterocycles. The molecular formula is C15H20ClN3O. The van der Waals surface area contributed by atoms with Gasteiger partial charge in [-0.3, -0.25) is 4.99 Å². The molecule has 1 aromatic rings. The van der Waals surface area contributed by atoms with Crippen molar-refractivity contribution in [2.24, 2.45) is 10.7 Å². The Morgan fingerprint density at radius 3 is 3.00 bits per heavy atom. The van der Waals surface area contributed by atoms with Gasteiger partial charge in [0.05, 0.1) is 28.9 Å². The Balaban J connectivity index is 1.98. The highest BCUT2D eigenvalue weighted by Crippen LogP contribution is 2.42. The lowest BCUT2D eigenvalue weighted by Crippen LogP contribution is -2.55. The third-order valence-corrected chi connectivity index (χ3v) is 4.76. The van der Waals surface area contributed by atoms with Crippen LogP contribution >= 0.6 is 11.6 Å². The first-order valence-corrected chi connectivity index (χ1v) is 7.41. The van der Waals surface area contributed by atoms with Gasteiger partial charge in [0.15, 0.2) is 5.96 Å². The van der Waals surface area contributed by atoms with Gasteiger partial charge in [0, 0.05) is 7.11 Å². The predicted octanol–water partition coefficient (Wildman–Crippen LogP) is 2.80. The SMILES string of the molecule is COC1CCCC2(CN=C(N)N2c2ccccc2Cl)C1. The van der Waals surface area contributed by atoms with E-state index < -0.39 is 0 Å². The van der Waals surface area contributed by atoms with Crippen molar-refractivity contribution in [2.75, 3.05) is 18.6 Å². The summed E-state index contributed by atoms with van der Waals surface area (Å²) in [5.74, 6) is 0.565. The van der Waals surface area contributed by atoms with Gasteiger partial charge in [-0.05, 0) is 37.8 Å². The molecule has 1 aliphatic carbocycles. The predicted molar refractivity (Wildman–Crippen MR) is 82.4 cm³/mol. The number of para-hydroxylation sites is 1. The van der Waals surface area contributed by atoms with Crippen LogP contribution in [-0.4, -0.2) is 31.3 Å². The number of benzene rings is 1. The quantitative estimate of drug-likeness (QED) is 0.912. The Morgan fingerprint density at radius 2 is 2.25 bits per heavy atom. The van der Waals surface area contributed by atoms with Crippen LogP contribution in [0.25, 0.3) is 0 Å². The molecule has 1 spiro atoms. The molecular weight excluding hydrogens is 274 g/mol. The van der Waals surface area contributed by atoms with Crippen LogP contribution in [0, 0.1) is 0 Å². The van der Waals surface area contributed by atoms with Crippen LogP contribution in [0.5, 0.6) is 0 Å². The topological polar surface area (TPSA) is 50.9 Å². The fourth-order valence-corrected chi connectivity index (χ4v) is 3.68. The maximum atomic E-state index is 6.36. The van der Waals surface area contributed by atoms with Gasteiger partial charge in [-0.2, -0.15) is 0 Å².